The van der Waals surface area contributed by atoms with Crippen molar-refractivity contribution in [1.82, 2.24) is 15.2 Å². The van der Waals surface area contributed by atoms with Gasteiger partial charge in [0.2, 0.25) is 0 Å². The van der Waals surface area contributed by atoms with Crippen molar-refractivity contribution in [2.45, 2.75) is 23.1 Å². The van der Waals surface area contributed by atoms with Gasteiger partial charge in [-0.1, -0.05) is 6.07 Å². The van der Waals surface area contributed by atoms with Gasteiger partial charge in [-0.15, -0.1) is 0 Å². The molecule has 3 rings (SSSR count). The number of carboxylic acid groups (broad SMARTS) is 1. The average molecular weight is 466 g/mol. The molecular weight excluding hydrogens is 444 g/mol. The number of β-lactam (4-membered cyclic amide) rings is 1. The Morgan fingerprint density at radius 3 is 2.72 bits per heavy atom. The van der Waals surface area contributed by atoms with Crippen molar-refractivity contribution in [2.75, 3.05) is 19.7 Å². The summed E-state index contributed by atoms with van der Waals surface area (Å²) in [5.41, 5.74) is 10.6. The molecule has 2 aliphatic rings. The first-order chi connectivity index (χ1) is 15.0. The minimum atomic E-state index is -4.29. The maximum absolute atomic E-state index is 13.3. The summed E-state index contributed by atoms with van der Waals surface area (Å²) in [6.07, 6.45) is 1.80. The SMILES string of the molecule is C[C@]1(COC(=O)NCCN=C(N)N)[C@H](C(=O)O)N2C(=O)/C(=C/c3ccccn3)[C@H]2S1(=O)=O. The number of pyridine rings is 1. The van der Waals surface area contributed by atoms with Gasteiger partial charge < -0.3 is 31.5 Å². The van der Waals surface area contributed by atoms with Gasteiger partial charge in [0.15, 0.2) is 27.2 Å². The molecule has 2 saturated heterocycles. The molecule has 32 heavy (non-hydrogen) atoms. The highest BCUT2D eigenvalue weighted by atomic mass is 32.2. The minimum absolute atomic E-state index is 0.00670. The van der Waals surface area contributed by atoms with Crippen LogP contribution in [-0.2, 0) is 24.2 Å². The third kappa shape index (κ3) is 3.84. The van der Waals surface area contributed by atoms with Crippen molar-refractivity contribution in [2.24, 2.45) is 16.5 Å². The molecule has 1 aromatic heterocycles. The van der Waals surface area contributed by atoms with Gasteiger partial charge in [0.25, 0.3) is 5.91 Å². The van der Waals surface area contributed by atoms with Crippen LogP contribution in [0.5, 0.6) is 0 Å². The van der Waals surface area contributed by atoms with Crippen molar-refractivity contribution >= 4 is 39.8 Å². The van der Waals surface area contributed by atoms with Gasteiger partial charge in [-0.05, 0) is 25.1 Å². The number of ether oxygens (including phenoxy) is 1. The van der Waals surface area contributed by atoms with Crippen LogP contribution in [0.4, 0.5) is 4.79 Å². The van der Waals surface area contributed by atoms with Gasteiger partial charge in [0.1, 0.15) is 11.4 Å². The monoisotopic (exact) mass is 466 g/mol. The number of guanidine groups is 1. The van der Waals surface area contributed by atoms with E-state index in [1.54, 1.807) is 18.2 Å². The number of nitrogens with two attached hydrogens (primary N) is 2. The number of carboxylic acids is 1. The molecule has 0 aliphatic carbocycles. The van der Waals surface area contributed by atoms with Crippen LogP contribution in [-0.4, -0.2) is 83.2 Å². The highest BCUT2D eigenvalue weighted by Crippen LogP contribution is 2.49. The topological polar surface area (TPSA) is 207 Å². The molecule has 14 heteroatoms. The number of alkyl carbamates (subject to hydrolysis) is 1. The summed E-state index contributed by atoms with van der Waals surface area (Å²) in [6, 6.07) is 3.15. The lowest BCUT2D eigenvalue weighted by molar-refractivity contribution is -0.153. The van der Waals surface area contributed by atoms with Crippen LogP contribution in [0.2, 0.25) is 0 Å². The number of aliphatic carboxylic acids is 1. The molecule has 172 valence electrons. The highest BCUT2D eigenvalue weighted by molar-refractivity contribution is 7.94. The number of aromatic nitrogens is 1. The lowest BCUT2D eigenvalue weighted by Gasteiger charge is -2.37. The Bertz CT molecular complexity index is 1100. The largest absolute Gasteiger partial charge is 0.480 e. The number of nitrogens with one attached hydrogen (secondary N) is 1. The molecule has 0 radical (unpaired) electrons. The van der Waals surface area contributed by atoms with Gasteiger partial charge in [-0.25, -0.2) is 18.0 Å². The molecule has 0 bridgehead atoms. The third-order valence-electron chi connectivity index (χ3n) is 5.19. The summed E-state index contributed by atoms with van der Waals surface area (Å²) in [7, 11) is -4.29. The van der Waals surface area contributed by atoms with E-state index >= 15 is 0 Å². The zero-order valence-electron chi connectivity index (χ0n) is 17.0. The lowest BCUT2D eigenvalue weighted by Crippen LogP contribution is -2.59. The molecule has 6 N–H and O–H groups in total. The first-order valence-electron chi connectivity index (χ1n) is 9.38. The number of hydrogen-bond donors (Lipinski definition) is 4. The number of nitrogens with zero attached hydrogens (tertiary/aromatic N) is 3. The van der Waals surface area contributed by atoms with E-state index in [9.17, 15) is 27.9 Å². The Morgan fingerprint density at radius 1 is 1.41 bits per heavy atom. The predicted octanol–water partition coefficient (Wildman–Crippen LogP) is -1.73. The molecule has 1 aromatic rings. The summed E-state index contributed by atoms with van der Waals surface area (Å²) >= 11 is 0. The van der Waals surface area contributed by atoms with Gasteiger partial charge >= 0.3 is 12.1 Å². The molecular formula is C18H22N6O7S. The number of fused-ring (bicyclic) bond motifs is 1. The van der Waals surface area contributed by atoms with E-state index in [0.717, 1.165) is 11.8 Å². The highest BCUT2D eigenvalue weighted by Gasteiger charge is 2.72. The summed E-state index contributed by atoms with van der Waals surface area (Å²) in [4.78, 5) is 45.0. The lowest BCUT2D eigenvalue weighted by atomic mass is 9.94. The number of amides is 2. The molecule has 0 saturated carbocycles. The number of carbonyl (C=O) groups excluding carboxylic acids is 2. The smallest absolute Gasteiger partial charge is 0.407 e. The average Bonchev–Trinajstić information content (AvgIpc) is 2.90. The van der Waals surface area contributed by atoms with Crippen LogP contribution in [0, 0.1) is 0 Å². The fourth-order valence-electron chi connectivity index (χ4n) is 3.62. The van der Waals surface area contributed by atoms with Crippen LogP contribution in [0.3, 0.4) is 0 Å². The molecule has 0 spiro atoms. The zero-order valence-corrected chi connectivity index (χ0v) is 17.8. The van der Waals surface area contributed by atoms with E-state index in [-0.39, 0.29) is 24.6 Å². The van der Waals surface area contributed by atoms with E-state index in [0.29, 0.717) is 5.69 Å². The number of hydrogen-bond acceptors (Lipinski definition) is 8. The van der Waals surface area contributed by atoms with Crippen LogP contribution >= 0.6 is 0 Å². The normalized spacial score (nSPS) is 26.7. The van der Waals surface area contributed by atoms with Crippen LogP contribution in [0.25, 0.3) is 6.08 Å². The number of sulfone groups is 1. The summed E-state index contributed by atoms with van der Waals surface area (Å²) in [5, 5.41) is 10.5. The van der Waals surface area contributed by atoms with Crippen LogP contribution in [0.15, 0.2) is 35.0 Å². The molecule has 2 aliphatic heterocycles. The van der Waals surface area contributed by atoms with Crippen molar-refractivity contribution in [1.29, 1.82) is 0 Å². The van der Waals surface area contributed by atoms with E-state index in [1.165, 1.54) is 12.3 Å². The van der Waals surface area contributed by atoms with Crippen molar-refractivity contribution in [3.63, 3.8) is 0 Å². The second kappa shape index (κ2) is 8.45. The van der Waals surface area contributed by atoms with E-state index in [1.807, 2.05) is 0 Å². The predicted molar refractivity (Wildman–Crippen MR) is 112 cm³/mol. The number of rotatable bonds is 7. The van der Waals surface area contributed by atoms with Crippen LogP contribution in [0.1, 0.15) is 12.6 Å². The fraction of sp³-hybridized carbons (Fsp3) is 0.389. The Morgan fingerprint density at radius 2 is 2.12 bits per heavy atom. The Kier molecular flexibility index (Phi) is 6.07. The van der Waals surface area contributed by atoms with Crippen molar-refractivity contribution in [3.8, 4) is 0 Å². The number of aliphatic imine (C=N–C) groups is 1. The van der Waals surface area contributed by atoms with Gasteiger partial charge in [0.05, 0.1) is 17.8 Å². The first kappa shape index (κ1) is 23.0. The fourth-order valence-corrected chi connectivity index (χ4v) is 5.90. The second-order valence-electron chi connectivity index (χ2n) is 7.33. The molecule has 3 heterocycles. The Hall–Kier alpha value is -3.68. The van der Waals surface area contributed by atoms with Crippen molar-refractivity contribution < 1.29 is 32.6 Å². The maximum Gasteiger partial charge on any atom is 0.407 e. The molecule has 2 fully saturated rings. The molecule has 0 unspecified atom stereocenters. The molecule has 0 aromatic carbocycles. The van der Waals surface area contributed by atoms with E-state index < -0.39 is 50.6 Å². The van der Waals surface area contributed by atoms with E-state index in [2.05, 4.69) is 15.3 Å². The van der Waals surface area contributed by atoms with E-state index in [4.69, 9.17) is 16.2 Å². The summed E-state index contributed by atoms with van der Waals surface area (Å²) in [5.74, 6) is -2.43. The summed E-state index contributed by atoms with van der Waals surface area (Å²) in [6.45, 7) is 0.429. The maximum atomic E-state index is 13.3. The molecule has 3 atom stereocenters. The van der Waals surface area contributed by atoms with Crippen LogP contribution < -0.4 is 16.8 Å². The van der Waals surface area contributed by atoms with Gasteiger partial charge in [-0.2, -0.15) is 0 Å². The van der Waals surface area contributed by atoms with Crippen molar-refractivity contribution in [3.05, 3.63) is 35.7 Å². The second-order valence-corrected chi connectivity index (χ2v) is 9.80. The summed E-state index contributed by atoms with van der Waals surface area (Å²) < 4.78 is 29.5. The van der Waals surface area contributed by atoms with Gasteiger partial charge in [0, 0.05) is 12.7 Å². The first-order valence-corrected chi connectivity index (χ1v) is 10.9. The van der Waals surface area contributed by atoms with Gasteiger partial charge in [-0.3, -0.25) is 14.8 Å². The zero-order chi connectivity index (χ0) is 23.7. The molecule has 13 nitrogen and oxygen atoms in total. The Labute approximate surface area is 183 Å². The molecule has 2 amide bonds. The minimum Gasteiger partial charge on any atom is -0.480 e. The Balaban J connectivity index is 1.82. The quantitative estimate of drug-likeness (QED) is 0.117. The third-order valence-corrected chi connectivity index (χ3v) is 7.90. The number of carbonyl (C=O) groups is 3. The standard InChI is InChI=1S/C18H22N6O7S/c1-18(9-31-17(28)23-7-6-22-16(19)20)12(15(26)27)24-13(25)11(14(24)32(18,29)30)8-10-4-2-3-5-21-10/h2-5,8,12,14H,6-7,9H2,1H3,(H,23,28)(H,26,27)(H4,19,20,22)/b11-8-/t12-,14+,18-/m0/s1.